The molecule has 0 spiro atoms. The number of imidazole rings is 1. The molecular formula is C14H22N4. The Morgan fingerprint density at radius 1 is 1.22 bits per heavy atom. The molecule has 5 heterocycles. The van der Waals surface area contributed by atoms with E-state index in [2.05, 4.69) is 32.3 Å². The van der Waals surface area contributed by atoms with Gasteiger partial charge < -0.3 is 14.8 Å². The Morgan fingerprint density at radius 2 is 2.11 bits per heavy atom. The summed E-state index contributed by atoms with van der Waals surface area (Å²) in [6.07, 6.45) is 8.22. The van der Waals surface area contributed by atoms with Crippen molar-refractivity contribution in [3.63, 3.8) is 0 Å². The molecule has 0 aliphatic carbocycles. The number of fused-ring (bicyclic) bond motifs is 3. The Hall–Kier alpha value is -0.870. The summed E-state index contributed by atoms with van der Waals surface area (Å²) >= 11 is 0. The topological polar surface area (TPSA) is 33.1 Å². The van der Waals surface area contributed by atoms with Crippen molar-refractivity contribution in [3.8, 4) is 0 Å². The number of nitrogens with one attached hydrogen (secondary N) is 1. The van der Waals surface area contributed by atoms with Crippen molar-refractivity contribution in [2.75, 3.05) is 32.7 Å². The maximum absolute atomic E-state index is 4.44. The van der Waals surface area contributed by atoms with Gasteiger partial charge in [0, 0.05) is 30.9 Å². The van der Waals surface area contributed by atoms with E-state index in [1.165, 1.54) is 44.6 Å². The van der Waals surface area contributed by atoms with E-state index in [1.54, 1.807) is 0 Å². The summed E-state index contributed by atoms with van der Waals surface area (Å²) < 4.78 is 2.51. The maximum atomic E-state index is 4.44. The molecule has 1 N–H and O–H groups in total. The van der Waals surface area contributed by atoms with E-state index < -0.39 is 0 Å². The predicted octanol–water partition coefficient (Wildman–Crippen LogP) is 1.23. The molecule has 0 saturated carbocycles. The normalized spacial score (nSPS) is 39.3. The highest BCUT2D eigenvalue weighted by Gasteiger charge is 2.36. The average Bonchev–Trinajstić information content (AvgIpc) is 3.11. The summed E-state index contributed by atoms with van der Waals surface area (Å²) in [5.74, 6) is 1.57. The molecule has 4 aliphatic rings. The summed E-state index contributed by atoms with van der Waals surface area (Å²) in [4.78, 5) is 7.07. The summed E-state index contributed by atoms with van der Waals surface area (Å²) in [5.41, 5.74) is 1.47. The molecule has 98 valence electrons. The van der Waals surface area contributed by atoms with Crippen molar-refractivity contribution in [2.45, 2.75) is 31.2 Å². The van der Waals surface area contributed by atoms with Crippen LogP contribution in [0.3, 0.4) is 0 Å². The highest BCUT2D eigenvalue weighted by atomic mass is 15.2. The third kappa shape index (κ3) is 1.70. The Morgan fingerprint density at radius 3 is 2.78 bits per heavy atom. The van der Waals surface area contributed by atoms with Gasteiger partial charge >= 0.3 is 0 Å². The molecule has 1 aromatic heterocycles. The van der Waals surface area contributed by atoms with Crippen LogP contribution in [0.5, 0.6) is 0 Å². The lowest BCUT2D eigenvalue weighted by atomic mass is 9.83. The summed E-state index contributed by atoms with van der Waals surface area (Å²) in [6.45, 7) is 6.17. The van der Waals surface area contributed by atoms with Gasteiger partial charge in [0.2, 0.25) is 0 Å². The van der Waals surface area contributed by atoms with Crippen LogP contribution >= 0.6 is 0 Å². The second-order valence-electron chi connectivity index (χ2n) is 6.12. The number of nitrogens with zero attached hydrogens (tertiary/aromatic N) is 3. The monoisotopic (exact) mass is 246 g/mol. The van der Waals surface area contributed by atoms with Crippen LogP contribution in [0.1, 0.15) is 36.9 Å². The SMILES string of the molecule is c1ncn(C2CN3CCC2CC3)c1C1CCNC1. The zero-order chi connectivity index (χ0) is 11.9. The third-order valence-corrected chi connectivity index (χ3v) is 5.15. The van der Waals surface area contributed by atoms with Gasteiger partial charge in [-0.05, 0) is 44.8 Å². The maximum Gasteiger partial charge on any atom is 0.0951 e. The molecule has 0 aromatic carbocycles. The molecule has 2 unspecified atom stereocenters. The molecule has 2 atom stereocenters. The molecule has 0 amide bonds. The Bertz CT molecular complexity index is 413. The van der Waals surface area contributed by atoms with Crippen molar-refractivity contribution in [1.29, 1.82) is 0 Å². The lowest BCUT2D eigenvalue weighted by Crippen LogP contribution is -2.48. The van der Waals surface area contributed by atoms with Crippen LogP contribution in [0, 0.1) is 5.92 Å². The van der Waals surface area contributed by atoms with E-state index >= 15 is 0 Å². The fourth-order valence-corrected chi connectivity index (χ4v) is 4.06. The quantitative estimate of drug-likeness (QED) is 0.852. The zero-order valence-corrected chi connectivity index (χ0v) is 10.9. The summed E-state index contributed by atoms with van der Waals surface area (Å²) in [7, 11) is 0. The molecular weight excluding hydrogens is 224 g/mol. The first-order valence-corrected chi connectivity index (χ1v) is 7.36. The van der Waals surface area contributed by atoms with E-state index in [-0.39, 0.29) is 0 Å². The van der Waals surface area contributed by atoms with Gasteiger partial charge in [-0.1, -0.05) is 0 Å². The van der Waals surface area contributed by atoms with Crippen LogP contribution in [0.15, 0.2) is 12.5 Å². The second-order valence-corrected chi connectivity index (χ2v) is 6.12. The zero-order valence-electron chi connectivity index (χ0n) is 10.9. The Balaban J connectivity index is 1.62. The van der Waals surface area contributed by atoms with Crippen molar-refractivity contribution in [2.24, 2.45) is 5.92 Å². The minimum Gasteiger partial charge on any atom is -0.330 e. The highest BCUT2D eigenvalue weighted by Crippen LogP contribution is 2.37. The molecule has 18 heavy (non-hydrogen) atoms. The van der Waals surface area contributed by atoms with Crippen LogP contribution in [0.4, 0.5) is 0 Å². The number of hydrogen-bond acceptors (Lipinski definition) is 3. The fourth-order valence-electron chi connectivity index (χ4n) is 4.06. The third-order valence-electron chi connectivity index (χ3n) is 5.15. The van der Waals surface area contributed by atoms with E-state index in [9.17, 15) is 0 Å². The van der Waals surface area contributed by atoms with Gasteiger partial charge in [-0.25, -0.2) is 4.98 Å². The smallest absolute Gasteiger partial charge is 0.0951 e. The van der Waals surface area contributed by atoms with Gasteiger partial charge in [-0.15, -0.1) is 0 Å². The highest BCUT2D eigenvalue weighted by molar-refractivity contribution is 5.12. The number of hydrogen-bond donors (Lipinski definition) is 1. The van der Waals surface area contributed by atoms with Crippen molar-refractivity contribution >= 4 is 0 Å². The van der Waals surface area contributed by atoms with E-state index in [0.29, 0.717) is 12.0 Å². The minimum absolute atomic E-state index is 0.683. The minimum atomic E-state index is 0.683. The first-order valence-electron chi connectivity index (χ1n) is 7.36. The average molecular weight is 246 g/mol. The van der Waals surface area contributed by atoms with Gasteiger partial charge in [0.25, 0.3) is 0 Å². The summed E-state index contributed by atoms with van der Waals surface area (Å²) in [5, 5.41) is 3.47. The van der Waals surface area contributed by atoms with Crippen LogP contribution in [0.2, 0.25) is 0 Å². The van der Waals surface area contributed by atoms with Crippen LogP contribution in [-0.2, 0) is 0 Å². The van der Waals surface area contributed by atoms with Crippen molar-refractivity contribution < 1.29 is 0 Å². The molecule has 2 bridgehead atoms. The Labute approximate surface area is 108 Å². The predicted molar refractivity (Wildman–Crippen MR) is 70.7 cm³/mol. The standard InChI is InChI=1S/C14H22N4/c1-4-15-7-12(1)13-8-16-10-18(13)14-9-17-5-2-11(14)3-6-17/h8,10-12,14-15H,1-7,9H2. The van der Waals surface area contributed by atoms with E-state index in [4.69, 9.17) is 0 Å². The van der Waals surface area contributed by atoms with Crippen molar-refractivity contribution in [3.05, 3.63) is 18.2 Å². The largest absolute Gasteiger partial charge is 0.330 e. The van der Waals surface area contributed by atoms with E-state index in [1.807, 2.05) is 0 Å². The molecule has 0 radical (unpaired) electrons. The van der Waals surface area contributed by atoms with Crippen LogP contribution < -0.4 is 5.32 Å². The molecule has 5 rings (SSSR count). The van der Waals surface area contributed by atoms with Gasteiger partial charge in [-0.2, -0.15) is 0 Å². The second kappa shape index (κ2) is 4.35. The molecule has 4 aliphatic heterocycles. The summed E-state index contributed by atoms with van der Waals surface area (Å²) in [6, 6.07) is 0.686. The molecule has 1 aromatic rings. The number of aromatic nitrogens is 2. The van der Waals surface area contributed by atoms with Gasteiger partial charge in [0.05, 0.1) is 12.4 Å². The lowest BCUT2D eigenvalue weighted by molar-refractivity contribution is 0.0554. The van der Waals surface area contributed by atoms with E-state index in [0.717, 1.165) is 19.0 Å². The van der Waals surface area contributed by atoms with Gasteiger partial charge in [-0.3, -0.25) is 0 Å². The fraction of sp³-hybridized carbons (Fsp3) is 0.786. The number of piperidine rings is 3. The van der Waals surface area contributed by atoms with Crippen molar-refractivity contribution in [1.82, 2.24) is 19.8 Å². The molecule has 4 saturated heterocycles. The molecule has 4 heteroatoms. The first-order chi connectivity index (χ1) is 8.92. The van der Waals surface area contributed by atoms with Crippen LogP contribution in [-0.4, -0.2) is 47.2 Å². The Kier molecular flexibility index (Phi) is 2.66. The van der Waals surface area contributed by atoms with Crippen LogP contribution in [0.25, 0.3) is 0 Å². The van der Waals surface area contributed by atoms with Gasteiger partial charge in [0.1, 0.15) is 0 Å². The number of rotatable bonds is 2. The molecule has 4 fully saturated rings. The first kappa shape index (κ1) is 11.0. The lowest BCUT2D eigenvalue weighted by Gasteiger charge is -2.45. The molecule has 4 nitrogen and oxygen atoms in total. The van der Waals surface area contributed by atoms with Gasteiger partial charge in [0.15, 0.2) is 0 Å².